The number of nitrogens with one attached hydrogen (secondary N) is 2. The van der Waals surface area contributed by atoms with Crippen molar-refractivity contribution in [1.82, 2.24) is 15.0 Å². The van der Waals surface area contributed by atoms with Crippen LogP contribution in [0.3, 0.4) is 0 Å². The lowest BCUT2D eigenvalue weighted by Crippen LogP contribution is -2.15. The Hall–Kier alpha value is -4.46. The third kappa shape index (κ3) is 14.6. The summed E-state index contributed by atoms with van der Waals surface area (Å²) in [7, 11) is -18.5. The van der Waals surface area contributed by atoms with Gasteiger partial charge in [-0.3, -0.25) is 13.7 Å². The second-order valence-electron chi connectivity index (χ2n) is 11.4. The summed E-state index contributed by atoms with van der Waals surface area (Å²) in [5.74, 6) is -2.59. The summed E-state index contributed by atoms with van der Waals surface area (Å²) in [6.07, 6.45) is 0. The Bertz CT molecular complexity index is 2900. The molecule has 0 amide bonds. The van der Waals surface area contributed by atoms with Crippen LogP contribution in [-0.4, -0.2) is 90.9 Å². The average Bonchev–Trinajstić information content (AvgIpc) is 3.17. The Labute approximate surface area is 363 Å². The van der Waals surface area contributed by atoms with Gasteiger partial charge in [0, 0.05) is 11.1 Å². The van der Waals surface area contributed by atoms with Gasteiger partial charge in [-0.2, -0.15) is 49.7 Å². The highest BCUT2D eigenvalue weighted by Crippen LogP contribution is 2.47. The zero-order valence-corrected chi connectivity index (χ0v) is 35.8. The molecule has 5 aromatic rings. The number of aromatic nitrogens is 3. The Morgan fingerprint density at radius 3 is 2.05 bits per heavy atom. The predicted molar refractivity (Wildman–Crippen MR) is 215 cm³/mol. The topological polar surface area (TPSA) is 381 Å². The van der Waals surface area contributed by atoms with Gasteiger partial charge >= 0.3 is 20.8 Å². The van der Waals surface area contributed by atoms with Crippen molar-refractivity contribution in [3.63, 3.8) is 0 Å². The van der Waals surface area contributed by atoms with Crippen LogP contribution in [0.1, 0.15) is 5.56 Å². The van der Waals surface area contributed by atoms with E-state index in [1.807, 2.05) is 0 Å². The number of sulfone groups is 1. The molecule has 26 nitrogen and oxygen atoms in total. The minimum Gasteiger partial charge on any atom is -0.505 e. The van der Waals surface area contributed by atoms with Gasteiger partial charge in [-0.05, 0) is 77.1 Å². The van der Waals surface area contributed by atoms with Crippen LogP contribution >= 0.6 is 35.7 Å². The molecule has 62 heavy (non-hydrogen) atoms. The summed E-state index contributed by atoms with van der Waals surface area (Å²) in [6, 6.07) is 14.2. The number of phenols is 1. The first-order chi connectivity index (χ1) is 29.1. The van der Waals surface area contributed by atoms with Crippen molar-refractivity contribution in [2.75, 3.05) is 28.9 Å². The number of nitrogens with zero attached hydrogens (tertiary/aromatic N) is 5. The van der Waals surface area contributed by atoms with Crippen molar-refractivity contribution in [3.05, 3.63) is 77.6 Å². The Morgan fingerprint density at radius 2 is 1.42 bits per heavy atom. The molecule has 1 aromatic heterocycles. The number of azo groups is 1. The Balaban J connectivity index is 1.42. The second-order valence-corrected chi connectivity index (χ2v) is 18.8. The van der Waals surface area contributed by atoms with Crippen LogP contribution in [0.5, 0.6) is 5.75 Å². The summed E-state index contributed by atoms with van der Waals surface area (Å²) >= 11 is 6.94. The number of aromatic hydroxyl groups is 1. The van der Waals surface area contributed by atoms with Gasteiger partial charge in [0.1, 0.15) is 18.2 Å². The predicted octanol–water partition coefficient (Wildman–Crippen LogP) is 5.43. The van der Waals surface area contributed by atoms with E-state index in [2.05, 4.69) is 53.6 Å². The molecular formula is C29H26ClN7O19S6. The van der Waals surface area contributed by atoms with E-state index in [1.165, 1.54) is 42.5 Å². The van der Waals surface area contributed by atoms with E-state index in [1.54, 1.807) is 12.1 Å². The number of hydrogen-bond acceptors (Lipinski definition) is 25. The standard InChI is InChI=1S/C29H26ClN7O19S6/c30-27-33-28(31-18-5-7-20(8-6-18)59(40,41)10-9-52-61(45,46)47)35-29(34-27)32-22-13-21(60(42,43)44)11-17-12-23(58-56-54-39)25(26(38)24(17)22)37-36-19-3-1-16(2-4-19)14-51-55-57-15-53-62(48,49)50/h1-8,11-13,38-39H,9-10,14-15H2,(H,42,43,44)(H,45,46,47)(H,48,49,50)(H2,31,32,33,34,35). The fourth-order valence-corrected chi connectivity index (χ4v) is 8.22. The molecule has 0 aliphatic rings. The molecule has 0 bridgehead atoms. The summed E-state index contributed by atoms with van der Waals surface area (Å²) < 4.78 is 137. The molecule has 0 radical (unpaired) electrons. The molecule has 0 atom stereocenters. The van der Waals surface area contributed by atoms with Gasteiger partial charge in [-0.25, -0.2) is 26.9 Å². The number of benzene rings is 4. The molecule has 0 unspecified atom stereocenters. The number of fused-ring (bicyclic) bond motifs is 1. The quantitative estimate of drug-likeness (QED) is 0.00864. The number of halogens is 1. The molecular weight excluding hydrogens is 978 g/mol. The maximum atomic E-state index is 12.6. The molecule has 33 heteroatoms. The number of rotatable bonds is 22. The summed E-state index contributed by atoms with van der Waals surface area (Å²) in [6.45, 7) is -0.955. The normalized spacial score (nSPS) is 12.6. The molecule has 7 N–H and O–H groups in total. The first-order valence-corrected chi connectivity index (χ1v) is 23.9. The largest absolute Gasteiger partial charge is 0.505 e. The van der Waals surface area contributed by atoms with Crippen molar-refractivity contribution >= 4 is 122 Å². The number of anilines is 4. The monoisotopic (exact) mass is 1000 g/mol. The highest BCUT2D eigenvalue weighted by molar-refractivity contribution is 7.95. The smallest absolute Gasteiger partial charge is 0.398 e. The van der Waals surface area contributed by atoms with E-state index in [4.69, 9.17) is 35.2 Å². The summed E-state index contributed by atoms with van der Waals surface area (Å²) in [4.78, 5) is 16.0. The molecule has 0 spiro atoms. The van der Waals surface area contributed by atoms with Crippen LogP contribution in [0.15, 0.2) is 91.6 Å². The highest BCUT2D eigenvalue weighted by atomic mass is 35.5. The minimum atomic E-state index is -4.91. The molecule has 5 rings (SSSR count). The summed E-state index contributed by atoms with van der Waals surface area (Å²) in [5.41, 5.74) is 0.445. The van der Waals surface area contributed by atoms with Crippen molar-refractivity contribution in [1.29, 1.82) is 0 Å². The SMILES string of the molecule is O=S(=O)(O)OCCS(=O)(=O)c1ccc(Nc2nc(Cl)nc(Nc3cc(S(=O)(=O)O)cc4cc(SOOO)c(N=Nc5ccc(COOSCOS(=O)(=O)O)cc5)c(O)c34)n2)cc1. The van der Waals surface area contributed by atoms with E-state index < -0.39 is 75.0 Å². The first-order valence-electron chi connectivity index (χ1n) is 16.0. The molecule has 0 saturated carbocycles. The lowest BCUT2D eigenvalue weighted by atomic mass is 10.1. The van der Waals surface area contributed by atoms with Crippen molar-refractivity contribution in [2.45, 2.75) is 21.3 Å². The maximum absolute atomic E-state index is 12.6. The summed E-state index contributed by atoms with van der Waals surface area (Å²) in [5, 5.41) is 37.2. The fourth-order valence-electron chi connectivity index (χ4n) is 4.74. The van der Waals surface area contributed by atoms with Gasteiger partial charge in [-0.1, -0.05) is 17.2 Å². The lowest BCUT2D eigenvalue weighted by Gasteiger charge is -2.15. The van der Waals surface area contributed by atoms with Crippen molar-refractivity contribution in [2.24, 2.45) is 10.2 Å². The van der Waals surface area contributed by atoms with Gasteiger partial charge in [0.05, 0.1) is 62.5 Å². The van der Waals surface area contributed by atoms with Crippen LogP contribution in [0, 0.1) is 0 Å². The van der Waals surface area contributed by atoms with Crippen molar-refractivity contribution < 1.29 is 84.7 Å². The van der Waals surface area contributed by atoms with Crippen LogP contribution in [-0.2, 0) is 74.3 Å². The van der Waals surface area contributed by atoms with Gasteiger partial charge in [0.25, 0.3) is 10.1 Å². The maximum Gasteiger partial charge on any atom is 0.398 e. The number of phenolic OH excluding ortho intramolecular Hbond substituents is 1. The van der Waals surface area contributed by atoms with Crippen LogP contribution in [0.4, 0.5) is 34.6 Å². The first kappa shape index (κ1) is 48.6. The molecule has 1 heterocycles. The van der Waals surface area contributed by atoms with Crippen LogP contribution in [0.25, 0.3) is 10.8 Å². The van der Waals surface area contributed by atoms with Crippen molar-refractivity contribution in [3.8, 4) is 5.75 Å². The molecule has 4 aromatic carbocycles. The molecule has 0 aliphatic heterocycles. The highest BCUT2D eigenvalue weighted by Gasteiger charge is 2.23. The molecule has 0 saturated heterocycles. The Kier molecular flexibility index (Phi) is 16.3. The third-order valence-corrected chi connectivity index (χ3v) is 12.0. The van der Waals surface area contributed by atoms with E-state index in [9.17, 15) is 43.3 Å². The van der Waals surface area contributed by atoms with E-state index in [0.717, 1.165) is 12.1 Å². The minimum absolute atomic E-state index is 0.0597. The van der Waals surface area contributed by atoms with Gasteiger partial charge in [0.2, 0.25) is 17.2 Å². The van der Waals surface area contributed by atoms with E-state index in [0.29, 0.717) is 29.6 Å². The van der Waals surface area contributed by atoms with Gasteiger partial charge < -0.3 is 15.7 Å². The Morgan fingerprint density at radius 1 is 0.758 bits per heavy atom. The zero-order chi connectivity index (χ0) is 45.3. The zero-order valence-electron chi connectivity index (χ0n) is 30.2. The average molecular weight is 1000 g/mol. The lowest BCUT2D eigenvalue weighted by molar-refractivity contribution is -0.432. The van der Waals surface area contributed by atoms with Crippen LogP contribution < -0.4 is 10.6 Å². The third-order valence-electron chi connectivity index (χ3n) is 7.25. The molecule has 0 fully saturated rings. The molecule has 334 valence electrons. The molecule has 0 aliphatic carbocycles. The van der Waals surface area contributed by atoms with E-state index in [-0.39, 0.29) is 61.8 Å². The van der Waals surface area contributed by atoms with E-state index >= 15 is 0 Å². The van der Waals surface area contributed by atoms with Gasteiger partial charge in [0.15, 0.2) is 15.6 Å². The van der Waals surface area contributed by atoms with Gasteiger partial charge in [-0.15, -0.1) is 9.45 Å². The number of hydrogen-bond donors (Lipinski definition) is 7. The van der Waals surface area contributed by atoms with Crippen LogP contribution in [0.2, 0.25) is 5.28 Å². The second kappa shape index (κ2) is 20.8. The fraction of sp³-hybridized carbons (Fsp3) is 0.138.